The number of nitrogens with two attached hydrogens (primary N) is 1. The second kappa shape index (κ2) is 9.41. The molecule has 12 heteroatoms. The maximum absolute atomic E-state index is 12.7. The van der Waals surface area contributed by atoms with Crippen molar-refractivity contribution in [1.82, 2.24) is 10.3 Å². The molecule has 0 spiro atoms. The highest BCUT2D eigenvalue weighted by molar-refractivity contribution is 6.11. The monoisotopic (exact) mass is 482 g/mol. The molecule has 3 N–H and O–H groups in total. The number of para-hydroxylation sites is 1. The fourth-order valence-electron chi connectivity index (χ4n) is 2.90. The molecule has 0 fully saturated rings. The number of pyridine rings is 1. The van der Waals surface area contributed by atoms with Crippen LogP contribution in [-0.4, -0.2) is 36.3 Å². The molecule has 0 atom stereocenters. The Hall–Kier alpha value is -4.09. The van der Waals surface area contributed by atoms with Crippen molar-refractivity contribution in [1.29, 1.82) is 0 Å². The van der Waals surface area contributed by atoms with E-state index in [2.05, 4.69) is 20.0 Å². The van der Waals surface area contributed by atoms with Gasteiger partial charge in [0.2, 0.25) is 0 Å². The van der Waals surface area contributed by atoms with Crippen molar-refractivity contribution in [3.63, 3.8) is 0 Å². The summed E-state index contributed by atoms with van der Waals surface area (Å²) in [6.45, 7) is 0. The molecule has 0 aliphatic heterocycles. The first-order chi connectivity index (χ1) is 15.9. The minimum atomic E-state index is -4.87. The second-order valence-corrected chi connectivity index (χ2v) is 6.84. The molecule has 0 aliphatic carbocycles. The zero-order chi connectivity index (χ0) is 25.1. The molecule has 3 aromatic rings. The Morgan fingerprint density at radius 2 is 1.79 bits per heavy atom. The number of allylic oxidation sites excluding steroid dienone is 1. The third kappa shape index (κ3) is 6.03. The number of amides is 1. The van der Waals surface area contributed by atoms with E-state index in [-0.39, 0.29) is 11.1 Å². The molecule has 6 nitrogen and oxygen atoms in total. The first-order valence-electron chi connectivity index (χ1n) is 9.45. The number of amidine groups is 1. The first kappa shape index (κ1) is 24.6. The predicted molar refractivity (Wildman–Crippen MR) is 113 cm³/mol. The number of hydrogen-bond donors (Lipinski definition) is 2. The van der Waals surface area contributed by atoms with Gasteiger partial charge in [0.05, 0.1) is 5.52 Å². The van der Waals surface area contributed by atoms with E-state index in [0.717, 1.165) is 0 Å². The highest BCUT2D eigenvalue weighted by Gasteiger charge is 2.32. The van der Waals surface area contributed by atoms with Crippen LogP contribution < -0.4 is 15.8 Å². The Morgan fingerprint density at radius 3 is 2.44 bits per heavy atom. The normalized spacial score (nSPS) is 13.1. The SMILES string of the molecule is CN=C(C=C(N)C(F)(F)F)NC(=O)c1ccc2cc(-c3ccccc3OC(F)(F)F)cnc2c1. The molecule has 3 rings (SSSR count). The van der Waals surface area contributed by atoms with Gasteiger partial charge in [-0.2, -0.15) is 13.2 Å². The predicted octanol–water partition coefficient (Wildman–Crippen LogP) is 4.96. The van der Waals surface area contributed by atoms with Crippen molar-refractivity contribution in [3.05, 3.63) is 72.1 Å². The highest BCUT2D eigenvalue weighted by Crippen LogP contribution is 2.34. The Labute approximate surface area is 188 Å². The minimum absolute atomic E-state index is 0.0636. The number of fused-ring (bicyclic) bond motifs is 1. The molecule has 0 saturated heterocycles. The van der Waals surface area contributed by atoms with Gasteiger partial charge < -0.3 is 15.8 Å². The van der Waals surface area contributed by atoms with Gasteiger partial charge in [-0.25, -0.2) is 0 Å². The number of carbonyl (C=O) groups excluding carboxylic acids is 1. The summed E-state index contributed by atoms with van der Waals surface area (Å²) in [6.07, 6.45) is -7.85. The van der Waals surface area contributed by atoms with Crippen LogP contribution in [0.25, 0.3) is 22.0 Å². The summed E-state index contributed by atoms with van der Waals surface area (Å²) >= 11 is 0. The number of carbonyl (C=O) groups is 1. The zero-order valence-electron chi connectivity index (χ0n) is 17.3. The van der Waals surface area contributed by atoms with E-state index in [4.69, 9.17) is 5.73 Å². The summed E-state index contributed by atoms with van der Waals surface area (Å²) in [6, 6.07) is 11.4. The van der Waals surface area contributed by atoms with Crippen LogP contribution in [0, 0.1) is 0 Å². The topological polar surface area (TPSA) is 89.6 Å². The fraction of sp³-hybridized carbons (Fsp3) is 0.136. The summed E-state index contributed by atoms with van der Waals surface area (Å²) in [5, 5.41) is 2.72. The smallest absolute Gasteiger partial charge is 0.405 e. The van der Waals surface area contributed by atoms with E-state index in [1.807, 2.05) is 0 Å². The average Bonchev–Trinajstić information content (AvgIpc) is 2.76. The van der Waals surface area contributed by atoms with Gasteiger partial charge in [-0.15, -0.1) is 13.2 Å². The van der Waals surface area contributed by atoms with Crippen molar-refractivity contribution in [2.45, 2.75) is 12.5 Å². The lowest BCUT2D eigenvalue weighted by molar-refractivity contribution is -0.274. The molecule has 0 radical (unpaired) electrons. The maximum atomic E-state index is 12.7. The summed E-state index contributed by atoms with van der Waals surface area (Å²) in [7, 11) is 1.18. The number of rotatable bonds is 4. The number of benzene rings is 2. The maximum Gasteiger partial charge on any atom is 0.573 e. The van der Waals surface area contributed by atoms with Crippen LogP contribution in [0.4, 0.5) is 26.3 Å². The van der Waals surface area contributed by atoms with E-state index >= 15 is 0 Å². The van der Waals surface area contributed by atoms with Crippen LogP contribution in [0.5, 0.6) is 5.75 Å². The molecule has 0 aliphatic rings. The van der Waals surface area contributed by atoms with Gasteiger partial charge in [-0.05, 0) is 24.3 Å². The molecular weight excluding hydrogens is 466 g/mol. The van der Waals surface area contributed by atoms with Gasteiger partial charge >= 0.3 is 12.5 Å². The third-order valence-electron chi connectivity index (χ3n) is 4.47. The lowest BCUT2D eigenvalue weighted by Gasteiger charge is -2.13. The van der Waals surface area contributed by atoms with Gasteiger partial charge in [-0.1, -0.05) is 24.3 Å². The molecule has 0 saturated carbocycles. The number of halogens is 6. The lowest BCUT2D eigenvalue weighted by Crippen LogP contribution is -2.31. The Morgan fingerprint density at radius 1 is 1.09 bits per heavy atom. The van der Waals surface area contributed by atoms with Crippen LogP contribution in [0.3, 0.4) is 0 Å². The summed E-state index contributed by atoms with van der Waals surface area (Å²) < 4.78 is 80.0. The van der Waals surface area contributed by atoms with Gasteiger partial charge in [0.1, 0.15) is 17.3 Å². The van der Waals surface area contributed by atoms with Crippen LogP contribution in [0.15, 0.2) is 71.5 Å². The molecular formula is C22H16F6N4O2. The number of aliphatic imine (C=N–C) groups is 1. The van der Waals surface area contributed by atoms with Gasteiger partial charge in [0.15, 0.2) is 0 Å². The summed E-state index contributed by atoms with van der Waals surface area (Å²) in [5.74, 6) is -1.56. The summed E-state index contributed by atoms with van der Waals surface area (Å²) in [5.41, 5.74) is 4.41. The van der Waals surface area contributed by atoms with Crippen LogP contribution in [0.1, 0.15) is 10.4 Å². The van der Waals surface area contributed by atoms with E-state index in [1.165, 1.54) is 49.6 Å². The van der Waals surface area contributed by atoms with Gasteiger partial charge in [-0.3, -0.25) is 14.8 Å². The molecule has 34 heavy (non-hydrogen) atoms. The van der Waals surface area contributed by atoms with E-state index < -0.39 is 35.7 Å². The van der Waals surface area contributed by atoms with E-state index in [0.29, 0.717) is 22.5 Å². The quantitative estimate of drug-likeness (QED) is 0.313. The average molecular weight is 482 g/mol. The van der Waals surface area contributed by atoms with Gasteiger partial charge in [0.25, 0.3) is 5.91 Å². The highest BCUT2D eigenvalue weighted by atomic mass is 19.4. The Balaban J connectivity index is 1.88. The summed E-state index contributed by atoms with van der Waals surface area (Å²) in [4.78, 5) is 20.2. The molecule has 0 bridgehead atoms. The Kier molecular flexibility index (Phi) is 6.80. The zero-order valence-corrected chi connectivity index (χ0v) is 17.3. The van der Waals surface area contributed by atoms with Crippen molar-refractivity contribution < 1.29 is 35.9 Å². The molecule has 2 aromatic carbocycles. The number of ether oxygens (including phenoxy) is 1. The Bertz CT molecular complexity index is 1280. The largest absolute Gasteiger partial charge is 0.573 e. The second-order valence-electron chi connectivity index (χ2n) is 6.84. The third-order valence-corrected chi connectivity index (χ3v) is 4.47. The number of nitrogens with zero attached hydrogens (tertiary/aromatic N) is 2. The number of nitrogens with one attached hydrogen (secondary N) is 1. The van der Waals surface area contributed by atoms with Crippen LogP contribution >= 0.6 is 0 Å². The number of aromatic nitrogens is 1. The molecule has 0 unspecified atom stereocenters. The first-order valence-corrected chi connectivity index (χ1v) is 9.45. The van der Waals surface area contributed by atoms with Crippen molar-refractivity contribution in [3.8, 4) is 16.9 Å². The molecule has 178 valence electrons. The van der Waals surface area contributed by atoms with E-state index in [1.54, 1.807) is 12.1 Å². The molecule has 1 aromatic heterocycles. The van der Waals surface area contributed by atoms with Gasteiger partial charge in [0, 0.05) is 41.4 Å². The minimum Gasteiger partial charge on any atom is -0.405 e. The lowest BCUT2D eigenvalue weighted by atomic mass is 10.0. The van der Waals surface area contributed by atoms with Crippen molar-refractivity contribution in [2.75, 3.05) is 7.05 Å². The standard InChI is InChI=1S/C22H16F6N4O2/c1-30-19(10-18(29)21(23,24)25)32-20(33)13-7-6-12-8-14(11-31-16(12)9-13)15-4-2-3-5-17(15)34-22(26,27)28/h2-11H,29H2,1H3,(H,30,32,33). The van der Waals surface area contributed by atoms with Crippen molar-refractivity contribution in [2.24, 2.45) is 10.7 Å². The molecule has 1 amide bonds. The van der Waals surface area contributed by atoms with Crippen LogP contribution in [-0.2, 0) is 0 Å². The fourth-order valence-corrected chi connectivity index (χ4v) is 2.90. The van der Waals surface area contributed by atoms with Crippen molar-refractivity contribution >= 4 is 22.6 Å². The molecule has 1 heterocycles. The van der Waals surface area contributed by atoms with E-state index in [9.17, 15) is 31.1 Å². The van der Waals surface area contributed by atoms with Crippen LogP contribution in [0.2, 0.25) is 0 Å². The number of hydrogen-bond acceptors (Lipinski definition) is 5. The number of alkyl halides is 6.